The molecule has 2 aromatic rings. The van der Waals surface area contributed by atoms with Crippen LogP contribution in [0.1, 0.15) is 0 Å². The minimum absolute atomic E-state index is 0.0514. The van der Waals surface area contributed by atoms with Crippen molar-refractivity contribution < 1.29 is 4.79 Å². The highest BCUT2D eigenvalue weighted by Gasteiger charge is 2.22. The van der Waals surface area contributed by atoms with Crippen LogP contribution in [0.15, 0.2) is 33.4 Å². The zero-order chi connectivity index (χ0) is 16.4. The van der Waals surface area contributed by atoms with Crippen LogP contribution in [0.4, 0.5) is 5.13 Å². The van der Waals surface area contributed by atoms with Crippen LogP contribution in [0.2, 0.25) is 0 Å². The number of hydrogen-bond acceptors (Lipinski definition) is 6. The van der Waals surface area contributed by atoms with E-state index in [0.717, 1.165) is 22.8 Å². The molecular formula is C14H17N5O3S. The van der Waals surface area contributed by atoms with Crippen molar-refractivity contribution in [3.8, 4) is 0 Å². The highest BCUT2D eigenvalue weighted by molar-refractivity contribution is 7.13. The van der Waals surface area contributed by atoms with Crippen molar-refractivity contribution in [3.63, 3.8) is 0 Å². The average Bonchev–Trinajstić information content (AvgIpc) is 3.10. The lowest BCUT2D eigenvalue weighted by Gasteiger charge is -2.34. The molecule has 1 aliphatic heterocycles. The molecule has 1 aliphatic rings. The molecule has 0 unspecified atom stereocenters. The van der Waals surface area contributed by atoms with Crippen molar-refractivity contribution in [1.82, 2.24) is 19.0 Å². The Morgan fingerprint density at radius 3 is 2.65 bits per heavy atom. The van der Waals surface area contributed by atoms with Gasteiger partial charge < -0.3 is 9.80 Å². The number of piperazine rings is 1. The summed E-state index contributed by atoms with van der Waals surface area (Å²) in [4.78, 5) is 43.8. The molecule has 1 fully saturated rings. The number of thiazole rings is 1. The van der Waals surface area contributed by atoms with E-state index in [1.54, 1.807) is 22.4 Å². The van der Waals surface area contributed by atoms with Gasteiger partial charge in [-0.05, 0) is 0 Å². The number of carbonyl (C=O) groups excluding carboxylic acids is 1. The van der Waals surface area contributed by atoms with Crippen molar-refractivity contribution in [2.45, 2.75) is 6.54 Å². The van der Waals surface area contributed by atoms with Crippen LogP contribution in [0.3, 0.4) is 0 Å². The largest absolute Gasteiger partial charge is 0.345 e. The van der Waals surface area contributed by atoms with E-state index in [-0.39, 0.29) is 18.0 Å². The fourth-order valence-corrected chi connectivity index (χ4v) is 3.20. The van der Waals surface area contributed by atoms with Crippen molar-refractivity contribution in [1.29, 1.82) is 0 Å². The van der Waals surface area contributed by atoms with E-state index in [2.05, 4.69) is 9.88 Å². The molecule has 23 heavy (non-hydrogen) atoms. The maximum absolute atomic E-state index is 12.4. The Labute approximate surface area is 136 Å². The molecule has 8 nitrogen and oxygen atoms in total. The number of carbonyl (C=O) groups is 1. The molecule has 0 spiro atoms. The molecular weight excluding hydrogens is 318 g/mol. The summed E-state index contributed by atoms with van der Waals surface area (Å²) in [5, 5.41) is 2.89. The fraction of sp³-hybridized carbons (Fsp3) is 0.429. The minimum atomic E-state index is -0.479. The molecule has 0 radical (unpaired) electrons. The highest BCUT2D eigenvalue weighted by Crippen LogP contribution is 2.18. The van der Waals surface area contributed by atoms with E-state index in [1.807, 2.05) is 5.38 Å². The summed E-state index contributed by atoms with van der Waals surface area (Å²) in [6.07, 6.45) is 3.14. The van der Waals surface area contributed by atoms with Crippen LogP contribution in [-0.4, -0.2) is 51.1 Å². The topological polar surface area (TPSA) is 80.4 Å². The second-order valence-corrected chi connectivity index (χ2v) is 6.18. The van der Waals surface area contributed by atoms with E-state index in [4.69, 9.17) is 0 Å². The second-order valence-electron chi connectivity index (χ2n) is 5.31. The van der Waals surface area contributed by atoms with Gasteiger partial charge in [-0.15, -0.1) is 11.3 Å². The lowest BCUT2D eigenvalue weighted by atomic mass is 10.3. The molecule has 0 aromatic carbocycles. The van der Waals surface area contributed by atoms with E-state index < -0.39 is 5.69 Å². The number of hydrogen-bond donors (Lipinski definition) is 0. The third-order valence-corrected chi connectivity index (χ3v) is 4.72. The highest BCUT2D eigenvalue weighted by atomic mass is 32.1. The first kappa shape index (κ1) is 15.5. The average molecular weight is 335 g/mol. The monoisotopic (exact) mass is 335 g/mol. The molecule has 3 heterocycles. The SMILES string of the molecule is Cn1c(=O)ccn(CC(=O)N2CCN(c3nccs3)CC2)c1=O. The first-order valence-electron chi connectivity index (χ1n) is 7.25. The van der Waals surface area contributed by atoms with Gasteiger partial charge in [0.2, 0.25) is 5.91 Å². The fourth-order valence-electron chi connectivity index (χ4n) is 2.50. The standard InChI is InChI=1S/C14H17N5O3S/c1-16-11(20)2-4-19(14(16)22)10-12(21)17-5-7-18(8-6-17)13-15-3-9-23-13/h2-4,9H,5-8,10H2,1H3. The van der Waals surface area contributed by atoms with Crippen LogP contribution in [-0.2, 0) is 18.4 Å². The minimum Gasteiger partial charge on any atom is -0.345 e. The molecule has 0 bridgehead atoms. The van der Waals surface area contributed by atoms with Gasteiger partial charge in [-0.1, -0.05) is 0 Å². The van der Waals surface area contributed by atoms with Crippen molar-refractivity contribution in [2.24, 2.45) is 7.05 Å². The predicted molar refractivity (Wildman–Crippen MR) is 86.9 cm³/mol. The molecule has 1 saturated heterocycles. The zero-order valence-corrected chi connectivity index (χ0v) is 13.5. The van der Waals surface area contributed by atoms with Gasteiger partial charge >= 0.3 is 5.69 Å². The van der Waals surface area contributed by atoms with Gasteiger partial charge in [0.25, 0.3) is 5.56 Å². The lowest BCUT2D eigenvalue weighted by molar-refractivity contribution is -0.132. The van der Waals surface area contributed by atoms with Gasteiger partial charge in [0.05, 0.1) is 0 Å². The van der Waals surface area contributed by atoms with Gasteiger partial charge in [0.1, 0.15) is 6.54 Å². The third-order valence-electron chi connectivity index (χ3n) is 3.89. The summed E-state index contributed by atoms with van der Waals surface area (Å²) in [7, 11) is 1.40. The van der Waals surface area contributed by atoms with Crippen molar-refractivity contribution in [3.05, 3.63) is 44.7 Å². The van der Waals surface area contributed by atoms with Crippen LogP contribution in [0.25, 0.3) is 0 Å². The number of aromatic nitrogens is 3. The molecule has 9 heteroatoms. The molecule has 0 N–H and O–H groups in total. The molecule has 1 amide bonds. The molecule has 2 aromatic heterocycles. The normalized spacial score (nSPS) is 15.0. The number of anilines is 1. The lowest BCUT2D eigenvalue weighted by Crippen LogP contribution is -2.50. The molecule has 0 aliphatic carbocycles. The Kier molecular flexibility index (Phi) is 4.28. The summed E-state index contributed by atoms with van der Waals surface area (Å²) >= 11 is 1.58. The van der Waals surface area contributed by atoms with Crippen LogP contribution in [0.5, 0.6) is 0 Å². The summed E-state index contributed by atoms with van der Waals surface area (Å²) < 4.78 is 2.25. The second kappa shape index (κ2) is 6.37. The molecule has 3 rings (SSSR count). The Morgan fingerprint density at radius 2 is 2.00 bits per heavy atom. The van der Waals surface area contributed by atoms with Gasteiger partial charge in [-0.3, -0.25) is 18.7 Å². The van der Waals surface area contributed by atoms with Gasteiger partial charge in [0.15, 0.2) is 5.13 Å². The smallest absolute Gasteiger partial charge is 0.331 e. The maximum Gasteiger partial charge on any atom is 0.331 e. The Hall–Kier alpha value is -2.42. The van der Waals surface area contributed by atoms with Gasteiger partial charge in [-0.2, -0.15) is 0 Å². The molecule has 0 atom stereocenters. The Bertz CT molecular complexity index is 803. The van der Waals surface area contributed by atoms with Crippen molar-refractivity contribution >= 4 is 22.4 Å². The number of amides is 1. The Morgan fingerprint density at radius 1 is 1.26 bits per heavy atom. The summed E-state index contributed by atoms with van der Waals surface area (Å²) in [5.74, 6) is -0.121. The van der Waals surface area contributed by atoms with Gasteiger partial charge in [0, 0.05) is 57.1 Å². The molecule has 122 valence electrons. The number of nitrogens with zero attached hydrogens (tertiary/aromatic N) is 5. The van der Waals surface area contributed by atoms with Crippen LogP contribution < -0.4 is 16.1 Å². The summed E-state index contributed by atoms with van der Waals surface area (Å²) in [6, 6.07) is 1.29. The number of rotatable bonds is 3. The molecule has 0 saturated carbocycles. The van der Waals surface area contributed by atoms with Gasteiger partial charge in [-0.25, -0.2) is 9.78 Å². The summed E-state index contributed by atoms with van der Waals surface area (Å²) in [5.41, 5.74) is -0.858. The first-order valence-corrected chi connectivity index (χ1v) is 8.13. The predicted octanol–water partition coefficient (Wildman–Crippen LogP) is -0.648. The van der Waals surface area contributed by atoms with E-state index in [1.165, 1.54) is 23.9 Å². The van der Waals surface area contributed by atoms with E-state index in [9.17, 15) is 14.4 Å². The Balaban J connectivity index is 1.63. The van der Waals surface area contributed by atoms with E-state index >= 15 is 0 Å². The van der Waals surface area contributed by atoms with E-state index in [0.29, 0.717) is 13.1 Å². The third kappa shape index (κ3) is 3.19. The first-order chi connectivity index (χ1) is 11.1. The maximum atomic E-state index is 12.4. The quantitative estimate of drug-likeness (QED) is 0.745. The zero-order valence-electron chi connectivity index (χ0n) is 12.7. The summed E-state index contributed by atoms with van der Waals surface area (Å²) in [6.45, 7) is 2.59. The van der Waals surface area contributed by atoms with Crippen LogP contribution in [0, 0.1) is 0 Å². The van der Waals surface area contributed by atoms with Crippen molar-refractivity contribution in [2.75, 3.05) is 31.1 Å². The van der Waals surface area contributed by atoms with Crippen LogP contribution >= 0.6 is 11.3 Å².